The van der Waals surface area contributed by atoms with Crippen molar-refractivity contribution in [1.29, 1.82) is 0 Å². The molecule has 0 saturated carbocycles. The van der Waals surface area contributed by atoms with Crippen LogP contribution in [0.3, 0.4) is 0 Å². The number of phenolic OH excluding ortho intramolecular Hbond substituents is 2. The zero-order chi connectivity index (χ0) is 15.0. The van der Waals surface area contributed by atoms with E-state index in [1.54, 1.807) is 6.07 Å². The molecule has 106 valence electrons. The van der Waals surface area contributed by atoms with E-state index in [9.17, 15) is 10.2 Å². The van der Waals surface area contributed by atoms with Gasteiger partial charge in [0.1, 0.15) is 11.5 Å². The van der Waals surface area contributed by atoms with Gasteiger partial charge < -0.3 is 14.7 Å². The van der Waals surface area contributed by atoms with Crippen molar-refractivity contribution in [2.45, 2.75) is 13.8 Å². The highest BCUT2D eigenvalue weighted by Gasteiger charge is 2.19. The number of aryl methyl sites for hydroxylation is 2. The normalized spacial score (nSPS) is 10.8. The summed E-state index contributed by atoms with van der Waals surface area (Å²) >= 11 is 0. The molecule has 0 saturated heterocycles. The molecule has 0 unspecified atom stereocenters. The Balaban J connectivity index is 2.19. The van der Waals surface area contributed by atoms with Crippen LogP contribution in [0.4, 0.5) is 0 Å². The molecule has 4 heteroatoms. The Labute approximate surface area is 122 Å². The van der Waals surface area contributed by atoms with Crippen LogP contribution in [0.25, 0.3) is 22.5 Å². The van der Waals surface area contributed by atoms with E-state index < -0.39 is 0 Å². The van der Waals surface area contributed by atoms with Crippen molar-refractivity contribution in [3.63, 3.8) is 0 Å². The Hall–Kier alpha value is -2.75. The van der Waals surface area contributed by atoms with Gasteiger partial charge in [0.05, 0.1) is 16.8 Å². The third kappa shape index (κ3) is 2.36. The molecule has 0 bridgehead atoms. The quantitative estimate of drug-likeness (QED) is 0.744. The van der Waals surface area contributed by atoms with Crippen LogP contribution in [0.1, 0.15) is 11.3 Å². The van der Waals surface area contributed by atoms with Crippen molar-refractivity contribution in [2.75, 3.05) is 0 Å². The highest BCUT2D eigenvalue weighted by Crippen LogP contribution is 2.39. The average Bonchev–Trinajstić information content (AvgIpc) is 2.82. The van der Waals surface area contributed by atoms with E-state index in [0.29, 0.717) is 11.3 Å². The van der Waals surface area contributed by atoms with Crippen LogP contribution in [-0.2, 0) is 0 Å². The zero-order valence-corrected chi connectivity index (χ0v) is 11.8. The molecule has 4 nitrogen and oxygen atoms in total. The van der Waals surface area contributed by atoms with E-state index in [2.05, 4.69) is 5.16 Å². The van der Waals surface area contributed by atoms with E-state index in [1.807, 2.05) is 38.1 Å². The van der Waals surface area contributed by atoms with Gasteiger partial charge in [-0.15, -0.1) is 0 Å². The molecule has 0 aliphatic rings. The summed E-state index contributed by atoms with van der Waals surface area (Å²) in [4.78, 5) is 0. The number of phenols is 2. The SMILES string of the molecule is Cc1ccc(-c2c(C)noc2-c2ccc(O)cc2O)cc1. The first-order valence-electron chi connectivity index (χ1n) is 6.62. The number of benzene rings is 2. The fourth-order valence-corrected chi connectivity index (χ4v) is 2.33. The van der Waals surface area contributed by atoms with Gasteiger partial charge in [-0.2, -0.15) is 0 Å². The molecule has 3 aromatic rings. The summed E-state index contributed by atoms with van der Waals surface area (Å²) < 4.78 is 5.40. The number of nitrogens with zero attached hydrogens (tertiary/aromatic N) is 1. The van der Waals surface area contributed by atoms with E-state index in [0.717, 1.165) is 16.8 Å². The predicted octanol–water partition coefficient (Wildman–Crippen LogP) is 4.04. The van der Waals surface area contributed by atoms with Gasteiger partial charge in [0, 0.05) is 6.07 Å². The molecule has 2 aromatic carbocycles. The van der Waals surface area contributed by atoms with Gasteiger partial charge in [-0.25, -0.2) is 0 Å². The van der Waals surface area contributed by atoms with E-state index >= 15 is 0 Å². The Morgan fingerprint density at radius 1 is 0.952 bits per heavy atom. The summed E-state index contributed by atoms with van der Waals surface area (Å²) in [6.45, 7) is 3.89. The second-order valence-electron chi connectivity index (χ2n) is 5.04. The lowest BCUT2D eigenvalue weighted by Crippen LogP contribution is -1.84. The molecular weight excluding hydrogens is 266 g/mol. The largest absolute Gasteiger partial charge is 0.508 e. The monoisotopic (exact) mass is 281 g/mol. The van der Waals surface area contributed by atoms with E-state index in [-0.39, 0.29) is 11.5 Å². The fourth-order valence-electron chi connectivity index (χ4n) is 2.33. The number of hydrogen-bond acceptors (Lipinski definition) is 4. The molecule has 0 fully saturated rings. The summed E-state index contributed by atoms with van der Waals surface area (Å²) in [6.07, 6.45) is 0. The third-order valence-corrected chi connectivity index (χ3v) is 3.43. The van der Waals surface area contributed by atoms with Gasteiger partial charge >= 0.3 is 0 Å². The van der Waals surface area contributed by atoms with Crippen LogP contribution in [0.5, 0.6) is 11.5 Å². The molecule has 1 heterocycles. The second-order valence-corrected chi connectivity index (χ2v) is 5.04. The van der Waals surface area contributed by atoms with Gasteiger partial charge in [0.2, 0.25) is 0 Å². The first-order chi connectivity index (χ1) is 10.1. The van der Waals surface area contributed by atoms with E-state index in [4.69, 9.17) is 4.52 Å². The molecule has 0 atom stereocenters. The Kier molecular flexibility index (Phi) is 3.14. The number of aromatic hydroxyl groups is 2. The maximum absolute atomic E-state index is 10.0. The van der Waals surface area contributed by atoms with Crippen molar-refractivity contribution in [2.24, 2.45) is 0 Å². The van der Waals surface area contributed by atoms with Crippen molar-refractivity contribution in [3.05, 3.63) is 53.7 Å². The minimum atomic E-state index is -0.0421. The first-order valence-corrected chi connectivity index (χ1v) is 6.62. The molecule has 0 aliphatic carbocycles. The van der Waals surface area contributed by atoms with Crippen LogP contribution < -0.4 is 0 Å². The molecule has 0 amide bonds. The first kappa shape index (κ1) is 13.2. The zero-order valence-electron chi connectivity index (χ0n) is 11.8. The molecule has 1 aromatic heterocycles. The van der Waals surface area contributed by atoms with Crippen molar-refractivity contribution >= 4 is 0 Å². The second kappa shape index (κ2) is 4.98. The highest BCUT2D eigenvalue weighted by atomic mass is 16.5. The summed E-state index contributed by atoms with van der Waals surface area (Å²) in [7, 11) is 0. The molecule has 2 N–H and O–H groups in total. The Morgan fingerprint density at radius 3 is 2.33 bits per heavy atom. The fraction of sp³-hybridized carbons (Fsp3) is 0.118. The maximum atomic E-state index is 10.0. The number of hydrogen-bond donors (Lipinski definition) is 2. The van der Waals surface area contributed by atoms with Gasteiger partial charge in [-0.1, -0.05) is 35.0 Å². The molecule has 0 aliphatic heterocycles. The average molecular weight is 281 g/mol. The molecule has 0 radical (unpaired) electrons. The summed E-state index contributed by atoms with van der Waals surface area (Å²) in [5, 5.41) is 23.4. The lowest BCUT2D eigenvalue weighted by atomic mass is 9.98. The van der Waals surface area contributed by atoms with E-state index in [1.165, 1.54) is 17.7 Å². The lowest BCUT2D eigenvalue weighted by molar-refractivity contribution is 0.420. The summed E-state index contributed by atoms with van der Waals surface area (Å²) in [5.41, 5.74) is 4.24. The topological polar surface area (TPSA) is 66.5 Å². The van der Waals surface area contributed by atoms with Crippen LogP contribution in [0.2, 0.25) is 0 Å². The lowest BCUT2D eigenvalue weighted by Gasteiger charge is -2.06. The van der Waals surface area contributed by atoms with Crippen molar-refractivity contribution < 1.29 is 14.7 Å². The smallest absolute Gasteiger partial charge is 0.178 e. The number of aromatic nitrogens is 1. The third-order valence-electron chi connectivity index (χ3n) is 3.43. The summed E-state index contributed by atoms with van der Waals surface area (Å²) in [6, 6.07) is 12.4. The molecular formula is C17H15NO3. The molecule has 3 rings (SSSR count). The van der Waals surface area contributed by atoms with Crippen LogP contribution in [0, 0.1) is 13.8 Å². The van der Waals surface area contributed by atoms with Crippen molar-refractivity contribution in [1.82, 2.24) is 5.16 Å². The van der Waals surface area contributed by atoms with Gasteiger partial charge in [-0.05, 0) is 31.5 Å². The van der Waals surface area contributed by atoms with Gasteiger partial charge in [0.25, 0.3) is 0 Å². The summed E-state index contributed by atoms with van der Waals surface area (Å²) in [5.74, 6) is 0.456. The molecule has 0 spiro atoms. The van der Waals surface area contributed by atoms with Crippen molar-refractivity contribution in [3.8, 4) is 33.9 Å². The minimum Gasteiger partial charge on any atom is -0.508 e. The Morgan fingerprint density at radius 2 is 1.67 bits per heavy atom. The maximum Gasteiger partial charge on any atom is 0.178 e. The van der Waals surface area contributed by atoms with Gasteiger partial charge in [-0.3, -0.25) is 0 Å². The minimum absolute atomic E-state index is 0.00405. The molecule has 21 heavy (non-hydrogen) atoms. The number of rotatable bonds is 2. The predicted molar refractivity (Wildman–Crippen MR) is 80.2 cm³/mol. The van der Waals surface area contributed by atoms with Crippen LogP contribution >= 0.6 is 0 Å². The Bertz CT molecular complexity index is 788. The van der Waals surface area contributed by atoms with Crippen LogP contribution in [0.15, 0.2) is 47.0 Å². The van der Waals surface area contributed by atoms with Crippen LogP contribution in [-0.4, -0.2) is 15.4 Å². The standard InChI is InChI=1S/C17H15NO3/c1-10-3-5-12(6-4-10)16-11(2)18-21-17(16)14-8-7-13(19)9-15(14)20/h3-9,19-20H,1-2H3. The van der Waals surface area contributed by atoms with Gasteiger partial charge in [0.15, 0.2) is 5.76 Å². The highest BCUT2D eigenvalue weighted by molar-refractivity contribution is 5.83.